The number of urea groups is 1. The van der Waals surface area contributed by atoms with Gasteiger partial charge in [0.15, 0.2) is 0 Å². The first-order valence-electron chi connectivity index (χ1n) is 8.00. The average molecular weight is 325 g/mol. The molecule has 0 aliphatic heterocycles. The molecule has 0 spiro atoms. The molecule has 5 nitrogen and oxygen atoms in total. The molecule has 0 bridgehead atoms. The molecule has 2 aromatic rings. The van der Waals surface area contributed by atoms with Gasteiger partial charge in [0.25, 0.3) is 0 Å². The highest BCUT2D eigenvalue weighted by molar-refractivity contribution is 5.96. The van der Waals surface area contributed by atoms with Crippen molar-refractivity contribution in [3.63, 3.8) is 0 Å². The van der Waals surface area contributed by atoms with E-state index in [9.17, 15) is 9.59 Å². The second-order valence-corrected chi connectivity index (χ2v) is 5.68. The van der Waals surface area contributed by atoms with Crippen LogP contribution in [0.25, 0.3) is 0 Å². The van der Waals surface area contributed by atoms with Crippen molar-refractivity contribution in [3.8, 4) is 0 Å². The molecule has 0 heterocycles. The van der Waals surface area contributed by atoms with E-state index in [1.54, 1.807) is 6.92 Å². The molecule has 5 heteroatoms. The number of nitrogens with one attached hydrogen (secondary N) is 3. The maximum absolute atomic E-state index is 12.1. The number of carbonyl (C=O) groups excluding carboxylic acids is 2. The van der Waals surface area contributed by atoms with Gasteiger partial charge < -0.3 is 5.32 Å². The molecule has 0 saturated carbocycles. The average Bonchev–Trinajstić information content (AvgIpc) is 2.61. The van der Waals surface area contributed by atoms with Gasteiger partial charge in [0.05, 0.1) is 6.04 Å². The molecule has 3 N–H and O–H groups in total. The summed E-state index contributed by atoms with van der Waals surface area (Å²) in [5.41, 5.74) is 2.06. The number of amides is 3. The van der Waals surface area contributed by atoms with E-state index in [-0.39, 0.29) is 11.9 Å². The van der Waals surface area contributed by atoms with Crippen molar-refractivity contribution in [3.05, 3.63) is 71.8 Å². The zero-order chi connectivity index (χ0) is 17.4. The van der Waals surface area contributed by atoms with Crippen molar-refractivity contribution < 1.29 is 9.59 Å². The molecule has 24 heavy (non-hydrogen) atoms. The van der Waals surface area contributed by atoms with Crippen LogP contribution >= 0.6 is 0 Å². The predicted molar refractivity (Wildman–Crippen MR) is 94.3 cm³/mol. The van der Waals surface area contributed by atoms with Crippen LogP contribution < -0.4 is 16.0 Å². The van der Waals surface area contributed by atoms with Crippen LogP contribution in [0.15, 0.2) is 60.7 Å². The van der Waals surface area contributed by atoms with E-state index in [1.807, 2.05) is 67.6 Å². The van der Waals surface area contributed by atoms with Crippen molar-refractivity contribution >= 4 is 11.9 Å². The summed E-state index contributed by atoms with van der Waals surface area (Å²) in [6.45, 7) is 4.09. The first kappa shape index (κ1) is 17.7. The van der Waals surface area contributed by atoms with Crippen molar-refractivity contribution in [2.45, 2.75) is 32.5 Å². The van der Waals surface area contributed by atoms with Gasteiger partial charge in [-0.05, 0) is 25.0 Å². The topological polar surface area (TPSA) is 70.2 Å². The Labute approximate surface area is 142 Å². The van der Waals surface area contributed by atoms with E-state index in [2.05, 4.69) is 16.0 Å². The minimum atomic E-state index is -0.495. The first-order valence-corrected chi connectivity index (χ1v) is 8.00. The normalized spacial score (nSPS) is 12.9. The fourth-order valence-corrected chi connectivity index (χ4v) is 2.33. The number of hydrogen-bond donors (Lipinski definition) is 3. The molecule has 0 unspecified atom stereocenters. The highest BCUT2D eigenvalue weighted by Crippen LogP contribution is 2.11. The summed E-state index contributed by atoms with van der Waals surface area (Å²) in [6, 6.07) is 18.4. The summed E-state index contributed by atoms with van der Waals surface area (Å²) in [5, 5.41) is 8.21. The van der Waals surface area contributed by atoms with Crippen molar-refractivity contribution in [2.75, 3.05) is 0 Å². The van der Waals surface area contributed by atoms with E-state index in [4.69, 9.17) is 0 Å². The van der Waals surface area contributed by atoms with Gasteiger partial charge in [0.2, 0.25) is 5.91 Å². The zero-order valence-electron chi connectivity index (χ0n) is 14.0. The van der Waals surface area contributed by atoms with Gasteiger partial charge >= 0.3 is 6.03 Å². The monoisotopic (exact) mass is 325 g/mol. The molecule has 0 aromatic heterocycles. The van der Waals surface area contributed by atoms with E-state index in [0.717, 1.165) is 11.1 Å². The molecule has 3 amide bonds. The Morgan fingerprint density at radius 3 is 2.12 bits per heavy atom. The lowest BCUT2D eigenvalue weighted by molar-refractivity contribution is -0.121. The first-order chi connectivity index (χ1) is 11.6. The lowest BCUT2D eigenvalue weighted by atomic mass is 10.1. The van der Waals surface area contributed by atoms with Gasteiger partial charge in [0, 0.05) is 12.6 Å². The van der Waals surface area contributed by atoms with Gasteiger partial charge in [-0.25, -0.2) is 4.79 Å². The fraction of sp³-hybridized carbons (Fsp3) is 0.263. The Morgan fingerprint density at radius 1 is 0.917 bits per heavy atom. The molecule has 0 aliphatic rings. The Balaban J connectivity index is 1.77. The van der Waals surface area contributed by atoms with Gasteiger partial charge in [-0.2, -0.15) is 0 Å². The third-order valence-electron chi connectivity index (χ3n) is 3.73. The lowest BCUT2D eigenvalue weighted by Crippen LogP contribution is -2.48. The van der Waals surface area contributed by atoms with Crippen LogP contribution in [0.5, 0.6) is 0 Å². The van der Waals surface area contributed by atoms with Crippen LogP contribution in [-0.2, 0) is 11.3 Å². The molecular weight excluding hydrogens is 302 g/mol. The van der Waals surface area contributed by atoms with Gasteiger partial charge in [-0.3, -0.25) is 15.4 Å². The molecule has 0 fully saturated rings. The standard InChI is InChI=1S/C19H23N3O2/c1-14(17-11-7-4-8-12-17)21-15(2)18(23)22-19(24)20-13-16-9-5-3-6-10-16/h3-12,14-15,21H,13H2,1-2H3,(H2,20,22,23,24)/t14-,15+/m1/s1. The lowest BCUT2D eigenvalue weighted by Gasteiger charge is -2.19. The SMILES string of the molecule is C[C@H](N[C@H](C)c1ccccc1)C(=O)NC(=O)NCc1ccccc1. The summed E-state index contributed by atoms with van der Waals surface area (Å²) in [7, 11) is 0. The molecule has 2 rings (SSSR count). The number of benzene rings is 2. The number of rotatable bonds is 6. The fourth-order valence-electron chi connectivity index (χ4n) is 2.33. The van der Waals surface area contributed by atoms with Gasteiger partial charge in [-0.15, -0.1) is 0 Å². The van der Waals surface area contributed by atoms with Crippen LogP contribution in [-0.4, -0.2) is 18.0 Å². The van der Waals surface area contributed by atoms with E-state index < -0.39 is 12.1 Å². The van der Waals surface area contributed by atoms with E-state index >= 15 is 0 Å². The third-order valence-corrected chi connectivity index (χ3v) is 3.73. The summed E-state index contributed by atoms with van der Waals surface area (Å²) in [4.78, 5) is 23.9. The maximum Gasteiger partial charge on any atom is 0.321 e. The van der Waals surface area contributed by atoms with Gasteiger partial charge in [-0.1, -0.05) is 60.7 Å². The summed E-state index contributed by atoms with van der Waals surface area (Å²) >= 11 is 0. The number of hydrogen-bond acceptors (Lipinski definition) is 3. The van der Waals surface area contributed by atoms with Crippen molar-refractivity contribution in [2.24, 2.45) is 0 Å². The van der Waals surface area contributed by atoms with Crippen LogP contribution in [0.4, 0.5) is 4.79 Å². The van der Waals surface area contributed by atoms with Crippen LogP contribution in [0, 0.1) is 0 Å². The largest absolute Gasteiger partial charge is 0.334 e. The second-order valence-electron chi connectivity index (χ2n) is 5.68. The van der Waals surface area contributed by atoms with Crippen molar-refractivity contribution in [1.29, 1.82) is 0 Å². The molecule has 2 atom stereocenters. The minimum Gasteiger partial charge on any atom is -0.334 e. The molecule has 0 aliphatic carbocycles. The predicted octanol–water partition coefficient (Wildman–Crippen LogP) is 2.75. The second kappa shape index (κ2) is 8.84. The third kappa shape index (κ3) is 5.52. The highest BCUT2D eigenvalue weighted by Gasteiger charge is 2.18. The Hall–Kier alpha value is -2.66. The molecule has 0 saturated heterocycles. The Morgan fingerprint density at radius 2 is 1.50 bits per heavy atom. The zero-order valence-corrected chi connectivity index (χ0v) is 14.0. The Bertz CT molecular complexity index is 659. The minimum absolute atomic E-state index is 0.0133. The summed E-state index contributed by atoms with van der Waals surface area (Å²) < 4.78 is 0. The van der Waals surface area contributed by atoms with Crippen LogP contribution in [0.2, 0.25) is 0 Å². The summed E-state index contributed by atoms with van der Waals surface area (Å²) in [6.07, 6.45) is 0. The molecule has 0 radical (unpaired) electrons. The van der Waals surface area contributed by atoms with Crippen molar-refractivity contribution in [1.82, 2.24) is 16.0 Å². The quantitative estimate of drug-likeness (QED) is 0.765. The summed E-state index contributed by atoms with van der Waals surface area (Å²) in [5.74, 6) is -0.358. The number of imide groups is 1. The number of carbonyl (C=O) groups is 2. The molecule has 126 valence electrons. The highest BCUT2D eigenvalue weighted by atomic mass is 16.2. The molecule has 2 aromatic carbocycles. The van der Waals surface area contributed by atoms with Crippen LogP contribution in [0.1, 0.15) is 31.0 Å². The smallest absolute Gasteiger partial charge is 0.321 e. The van der Waals surface area contributed by atoms with E-state index in [1.165, 1.54) is 0 Å². The van der Waals surface area contributed by atoms with Gasteiger partial charge in [0.1, 0.15) is 0 Å². The Kier molecular flexibility index (Phi) is 6.51. The maximum atomic E-state index is 12.1. The molecular formula is C19H23N3O2. The van der Waals surface area contributed by atoms with Crippen LogP contribution in [0.3, 0.4) is 0 Å². The van der Waals surface area contributed by atoms with E-state index in [0.29, 0.717) is 6.54 Å².